The third-order valence-corrected chi connectivity index (χ3v) is 5.86. The van der Waals surface area contributed by atoms with Gasteiger partial charge in [-0.05, 0) is 25.7 Å². The standard InChI is InChI=1S/C26H50O4/c1-3-5-7-9-13-17-21-25(20-16-8-6-4-2)26(28)30-23-19-15-12-10-11-14-18-22-29-24-27/h24-25H,3-23H2,1-2H3. The molecule has 1 unspecified atom stereocenters. The molecule has 0 aromatic rings. The second-order valence-electron chi connectivity index (χ2n) is 8.71. The molecule has 0 spiro atoms. The summed E-state index contributed by atoms with van der Waals surface area (Å²) in [6, 6.07) is 0. The fourth-order valence-corrected chi connectivity index (χ4v) is 3.88. The van der Waals surface area contributed by atoms with Crippen molar-refractivity contribution in [2.75, 3.05) is 13.2 Å². The van der Waals surface area contributed by atoms with E-state index in [0.29, 0.717) is 19.7 Å². The number of ether oxygens (including phenoxy) is 2. The molecule has 0 rings (SSSR count). The van der Waals surface area contributed by atoms with Gasteiger partial charge in [-0.25, -0.2) is 0 Å². The summed E-state index contributed by atoms with van der Waals surface area (Å²) in [4.78, 5) is 22.6. The number of carbonyl (C=O) groups is 2. The van der Waals surface area contributed by atoms with Crippen LogP contribution in [0.3, 0.4) is 0 Å². The van der Waals surface area contributed by atoms with Gasteiger partial charge < -0.3 is 9.47 Å². The van der Waals surface area contributed by atoms with Gasteiger partial charge in [0.15, 0.2) is 0 Å². The number of hydrogen-bond acceptors (Lipinski definition) is 4. The molecule has 4 nitrogen and oxygen atoms in total. The SMILES string of the molecule is CCCCCCCCC(CCCCCC)C(=O)OCCCCCCCCCOC=O. The maximum absolute atomic E-state index is 12.6. The van der Waals surface area contributed by atoms with Gasteiger partial charge >= 0.3 is 5.97 Å². The minimum Gasteiger partial charge on any atom is -0.468 e. The van der Waals surface area contributed by atoms with Crippen LogP contribution in [0.15, 0.2) is 0 Å². The Balaban J connectivity index is 3.85. The first-order chi connectivity index (χ1) is 14.8. The second kappa shape index (κ2) is 24.2. The molecular formula is C26H50O4. The molecule has 0 saturated heterocycles. The van der Waals surface area contributed by atoms with Crippen LogP contribution in [0.25, 0.3) is 0 Å². The van der Waals surface area contributed by atoms with Crippen LogP contribution < -0.4 is 0 Å². The fraction of sp³-hybridized carbons (Fsp3) is 0.923. The van der Waals surface area contributed by atoms with Gasteiger partial charge in [-0.3, -0.25) is 9.59 Å². The number of rotatable bonds is 24. The van der Waals surface area contributed by atoms with Crippen LogP contribution in [0.2, 0.25) is 0 Å². The first-order valence-electron chi connectivity index (χ1n) is 13.0. The van der Waals surface area contributed by atoms with Crippen molar-refractivity contribution in [3.63, 3.8) is 0 Å². The van der Waals surface area contributed by atoms with Crippen LogP contribution in [0.4, 0.5) is 0 Å². The summed E-state index contributed by atoms with van der Waals surface area (Å²) in [5, 5.41) is 0. The van der Waals surface area contributed by atoms with Gasteiger partial charge in [-0.2, -0.15) is 0 Å². The van der Waals surface area contributed by atoms with Gasteiger partial charge in [0.1, 0.15) is 0 Å². The highest BCUT2D eigenvalue weighted by Gasteiger charge is 2.19. The zero-order valence-corrected chi connectivity index (χ0v) is 20.1. The van der Waals surface area contributed by atoms with Crippen LogP contribution in [0.1, 0.15) is 136 Å². The summed E-state index contributed by atoms with van der Waals surface area (Å²) in [6.45, 7) is 6.11. The van der Waals surface area contributed by atoms with Crippen molar-refractivity contribution in [2.45, 2.75) is 136 Å². The highest BCUT2D eigenvalue weighted by atomic mass is 16.5. The molecule has 0 fully saturated rings. The van der Waals surface area contributed by atoms with Crippen LogP contribution >= 0.6 is 0 Å². The average molecular weight is 427 g/mol. The largest absolute Gasteiger partial charge is 0.468 e. The maximum Gasteiger partial charge on any atom is 0.308 e. The van der Waals surface area contributed by atoms with Crippen LogP contribution in [0.5, 0.6) is 0 Å². The lowest BCUT2D eigenvalue weighted by Crippen LogP contribution is -2.18. The van der Waals surface area contributed by atoms with E-state index in [9.17, 15) is 9.59 Å². The molecule has 178 valence electrons. The van der Waals surface area contributed by atoms with Crippen molar-refractivity contribution < 1.29 is 19.1 Å². The minimum atomic E-state index is 0.0511. The van der Waals surface area contributed by atoms with E-state index in [1.165, 1.54) is 70.6 Å². The molecule has 30 heavy (non-hydrogen) atoms. The summed E-state index contributed by atoms with van der Waals surface area (Å²) in [5.41, 5.74) is 0. The molecule has 1 atom stereocenters. The quantitative estimate of drug-likeness (QED) is 0.0898. The van der Waals surface area contributed by atoms with Crippen LogP contribution in [-0.2, 0) is 19.1 Å². The van der Waals surface area contributed by atoms with Gasteiger partial charge in [0.05, 0.1) is 19.1 Å². The normalized spacial score (nSPS) is 11.9. The topological polar surface area (TPSA) is 52.6 Å². The molecular weight excluding hydrogens is 376 g/mol. The van der Waals surface area contributed by atoms with E-state index in [4.69, 9.17) is 4.74 Å². The lowest BCUT2D eigenvalue weighted by molar-refractivity contribution is -0.149. The van der Waals surface area contributed by atoms with Gasteiger partial charge in [-0.1, -0.05) is 110 Å². The third-order valence-electron chi connectivity index (χ3n) is 5.86. The first-order valence-corrected chi connectivity index (χ1v) is 13.0. The van der Waals surface area contributed by atoms with Gasteiger partial charge in [0.25, 0.3) is 6.47 Å². The molecule has 0 radical (unpaired) electrons. The summed E-state index contributed by atoms with van der Waals surface area (Å²) in [6.07, 6.45) is 22.3. The van der Waals surface area contributed by atoms with Crippen molar-refractivity contribution >= 4 is 12.4 Å². The Morgan fingerprint density at radius 3 is 1.60 bits per heavy atom. The van der Waals surface area contributed by atoms with Crippen molar-refractivity contribution in [3.8, 4) is 0 Å². The van der Waals surface area contributed by atoms with Crippen molar-refractivity contribution in [2.24, 2.45) is 5.92 Å². The molecule has 0 aromatic carbocycles. The Kier molecular flexibility index (Phi) is 23.4. The lowest BCUT2D eigenvalue weighted by Gasteiger charge is -2.16. The number of carbonyl (C=O) groups excluding carboxylic acids is 2. The Labute approximate surface area is 186 Å². The zero-order valence-electron chi connectivity index (χ0n) is 20.1. The smallest absolute Gasteiger partial charge is 0.308 e. The van der Waals surface area contributed by atoms with Gasteiger partial charge in [0.2, 0.25) is 0 Å². The van der Waals surface area contributed by atoms with E-state index >= 15 is 0 Å². The van der Waals surface area contributed by atoms with Crippen LogP contribution in [0, 0.1) is 5.92 Å². The number of hydrogen-bond donors (Lipinski definition) is 0. The molecule has 0 bridgehead atoms. The fourth-order valence-electron chi connectivity index (χ4n) is 3.88. The summed E-state index contributed by atoms with van der Waals surface area (Å²) in [5.74, 6) is 0.164. The predicted molar refractivity (Wildman–Crippen MR) is 126 cm³/mol. The monoisotopic (exact) mass is 426 g/mol. The lowest BCUT2D eigenvalue weighted by atomic mass is 9.94. The van der Waals surface area contributed by atoms with Gasteiger partial charge in [-0.15, -0.1) is 0 Å². The molecule has 0 aromatic heterocycles. The molecule has 0 aliphatic carbocycles. The molecule has 0 N–H and O–H groups in total. The van der Waals surface area contributed by atoms with Crippen molar-refractivity contribution in [1.82, 2.24) is 0 Å². The van der Waals surface area contributed by atoms with E-state index in [-0.39, 0.29) is 11.9 Å². The van der Waals surface area contributed by atoms with Crippen molar-refractivity contribution in [1.29, 1.82) is 0 Å². The molecule has 0 aliphatic rings. The van der Waals surface area contributed by atoms with E-state index in [1.54, 1.807) is 0 Å². The number of unbranched alkanes of at least 4 members (excludes halogenated alkanes) is 14. The Hall–Kier alpha value is -1.06. The van der Waals surface area contributed by atoms with E-state index in [0.717, 1.165) is 51.4 Å². The molecule has 4 heteroatoms. The molecule has 0 saturated carbocycles. The summed E-state index contributed by atoms with van der Waals surface area (Å²) >= 11 is 0. The molecule has 0 amide bonds. The number of esters is 1. The highest BCUT2D eigenvalue weighted by Crippen LogP contribution is 2.20. The first kappa shape index (κ1) is 28.9. The van der Waals surface area contributed by atoms with E-state index in [1.807, 2.05) is 0 Å². The minimum absolute atomic E-state index is 0.0511. The Morgan fingerprint density at radius 2 is 1.07 bits per heavy atom. The maximum atomic E-state index is 12.6. The second-order valence-corrected chi connectivity index (χ2v) is 8.71. The Bertz CT molecular complexity index is 370. The predicted octanol–water partition coefficient (Wildman–Crippen LogP) is 7.77. The highest BCUT2D eigenvalue weighted by molar-refractivity contribution is 5.72. The summed E-state index contributed by atoms with van der Waals surface area (Å²) < 4.78 is 10.3. The van der Waals surface area contributed by atoms with Crippen molar-refractivity contribution in [3.05, 3.63) is 0 Å². The molecule has 0 aliphatic heterocycles. The Morgan fingerprint density at radius 1 is 0.633 bits per heavy atom. The zero-order chi connectivity index (χ0) is 22.1. The summed E-state index contributed by atoms with van der Waals surface area (Å²) in [7, 11) is 0. The average Bonchev–Trinajstić information content (AvgIpc) is 2.75. The molecule has 0 heterocycles. The van der Waals surface area contributed by atoms with E-state index in [2.05, 4.69) is 18.6 Å². The third kappa shape index (κ3) is 20.2. The van der Waals surface area contributed by atoms with E-state index < -0.39 is 0 Å². The van der Waals surface area contributed by atoms with Gasteiger partial charge in [0, 0.05) is 0 Å². The van der Waals surface area contributed by atoms with Crippen LogP contribution in [-0.4, -0.2) is 25.7 Å².